The van der Waals surface area contributed by atoms with Crippen LogP contribution in [0, 0.1) is 11.7 Å². The summed E-state index contributed by atoms with van der Waals surface area (Å²) in [5.41, 5.74) is 0.769. The van der Waals surface area contributed by atoms with Gasteiger partial charge < -0.3 is 14.8 Å². The largest absolute Gasteiger partial charge is 0.477 e. The fourth-order valence-corrected chi connectivity index (χ4v) is 2.15. The first-order valence-corrected chi connectivity index (χ1v) is 7.23. The standard InChI is InChI=1S/C15H23FN2O2/c1-11(2)17-8-13-7-14(16)9-18-15(13)20-10-12-3-5-19-6-4-12/h7,9,11-12,17H,3-6,8,10H2,1-2H3. The second-order valence-corrected chi connectivity index (χ2v) is 5.52. The minimum Gasteiger partial charge on any atom is -0.477 e. The Hall–Kier alpha value is -1.20. The summed E-state index contributed by atoms with van der Waals surface area (Å²) in [5, 5.41) is 3.26. The molecular formula is C15H23FN2O2. The fourth-order valence-electron chi connectivity index (χ4n) is 2.15. The zero-order chi connectivity index (χ0) is 14.4. The predicted octanol–water partition coefficient (Wildman–Crippen LogP) is 2.52. The molecule has 0 bridgehead atoms. The minimum atomic E-state index is -0.330. The maximum Gasteiger partial charge on any atom is 0.218 e. The van der Waals surface area contributed by atoms with Crippen LogP contribution in [-0.2, 0) is 11.3 Å². The molecule has 0 radical (unpaired) electrons. The van der Waals surface area contributed by atoms with Crippen molar-refractivity contribution in [1.82, 2.24) is 10.3 Å². The van der Waals surface area contributed by atoms with Crippen molar-refractivity contribution in [1.29, 1.82) is 0 Å². The number of hydrogen-bond acceptors (Lipinski definition) is 4. The van der Waals surface area contributed by atoms with Gasteiger partial charge in [-0.05, 0) is 24.8 Å². The van der Waals surface area contributed by atoms with Crippen molar-refractivity contribution in [3.05, 3.63) is 23.6 Å². The first-order valence-electron chi connectivity index (χ1n) is 7.23. The average molecular weight is 282 g/mol. The van der Waals surface area contributed by atoms with Gasteiger partial charge in [-0.2, -0.15) is 0 Å². The molecule has 0 atom stereocenters. The van der Waals surface area contributed by atoms with Gasteiger partial charge in [0, 0.05) is 31.4 Å². The van der Waals surface area contributed by atoms with E-state index >= 15 is 0 Å². The molecule has 1 fully saturated rings. The van der Waals surface area contributed by atoms with Crippen LogP contribution in [-0.4, -0.2) is 30.8 Å². The molecule has 2 rings (SSSR count). The highest BCUT2D eigenvalue weighted by atomic mass is 19.1. The Labute approximate surface area is 119 Å². The Bertz CT molecular complexity index is 420. The molecule has 0 saturated carbocycles. The van der Waals surface area contributed by atoms with E-state index in [1.54, 1.807) is 0 Å². The Morgan fingerprint density at radius 3 is 2.90 bits per heavy atom. The van der Waals surface area contributed by atoms with Crippen molar-refractivity contribution < 1.29 is 13.9 Å². The Morgan fingerprint density at radius 2 is 2.20 bits per heavy atom. The van der Waals surface area contributed by atoms with E-state index in [1.807, 2.05) is 0 Å². The zero-order valence-electron chi connectivity index (χ0n) is 12.2. The van der Waals surface area contributed by atoms with E-state index in [0.29, 0.717) is 31.0 Å². The van der Waals surface area contributed by atoms with Crippen molar-refractivity contribution in [2.24, 2.45) is 5.92 Å². The summed E-state index contributed by atoms with van der Waals surface area (Å²) in [7, 11) is 0. The Morgan fingerprint density at radius 1 is 1.45 bits per heavy atom. The molecule has 0 aromatic carbocycles. The molecule has 112 valence electrons. The molecule has 1 N–H and O–H groups in total. The molecule has 1 aromatic heterocycles. The van der Waals surface area contributed by atoms with Crippen molar-refractivity contribution >= 4 is 0 Å². The van der Waals surface area contributed by atoms with Gasteiger partial charge in [0.1, 0.15) is 5.82 Å². The second-order valence-electron chi connectivity index (χ2n) is 5.52. The summed E-state index contributed by atoms with van der Waals surface area (Å²) in [6.07, 6.45) is 3.24. The lowest BCUT2D eigenvalue weighted by atomic mass is 10.0. The van der Waals surface area contributed by atoms with E-state index in [-0.39, 0.29) is 5.82 Å². The highest BCUT2D eigenvalue weighted by Crippen LogP contribution is 2.20. The molecule has 1 aliphatic rings. The van der Waals surface area contributed by atoms with Crippen LogP contribution in [0.3, 0.4) is 0 Å². The number of ether oxygens (including phenoxy) is 2. The summed E-state index contributed by atoms with van der Waals surface area (Å²) in [5.74, 6) is 0.705. The third-order valence-corrected chi connectivity index (χ3v) is 3.39. The van der Waals surface area contributed by atoms with E-state index in [1.165, 1.54) is 12.3 Å². The lowest BCUT2D eigenvalue weighted by Crippen LogP contribution is -2.24. The number of rotatable bonds is 6. The van der Waals surface area contributed by atoms with Gasteiger partial charge in [-0.3, -0.25) is 0 Å². The molecule has 1 saturated heterocycles. The third kappa shape index (κ3) is 4.72. The number of pyridine rings is 1. The van der Waals surface area contributed by atoms with Crippen LogP contribution < -0.4 is 10.1 Å². The van der Waals surface area contributed by atoms with Crippen LogP contribution >= 0.6 is 0 Å². The van der Waals surface area contributed by atoms with E-state index in [9.17, 15) is 4.39 Å². The van der Waals surface area contributed by atoms with Gasteiger partial charge in [0.25, 0.3) is 0 Å². The lowest BCUT2D eigenvalue weighted by Gasteiger charge is -2.22. The average Bonchev–Trinajstić information content (AvgIpc) is 2.45. The van der Waals surface area contributed by atoms with Crippen LogP contribution in [0.4, 0.5) is 4.39 Å². The molecule has 2 heterocycles. The fraction of sp³-hybridized carbons (Fsp3) is 0.667. The third-order valence-electron chi connectivity index (χ3n) is 3.39. The molecule has 1 aromatic rings. The van der Waals surface area contributed by atoms with Crippen molar-refractivity contribution in [2.45, 2.75) is 39.3 Å². The quantitative estimate of drug-likeness (QED) is 0.870. The summed E-state index contributed by atoms with van der Waals surface area (Å²) in [4.78, 5) is 4.07. The van der Waals surface area contributed by atoms with Gasteiger partial charge in [-0.1, -0.05) is 13.8 Å². The van der Waals surface area contributed by atoms with E-state index < -0.39 is 0 Å². The molecule has 0 amide bonds. The Balaban J connectivity index is 1.94. The van der Waals surface area contributed by atoms with Crippen LogP contribution in [0.2, 0.25) is 0 Å². The van der Waals surface area contributed by atoms with Crippen molar-refractivity contribution in [3.63, 3.8) is 0 Å². The molecule has 0 unspecified atom stereocenters. The van der Waals surface area contributed by atoms with Crippen LogP contribution in [0.15, 0.2) is 12.3 Å². The maximum absolute atomic E-state index is 13.3. The van der Waals surface area contributed by atoms with Crippen molar-refractivity contribution in [2.75, 3.05) is 19.8 Å². The molecule has 1 aliphatic heterocycles. The molecule has 0 spiro atoms. The number of aromatic nitrogens is 1. The molecule has 4 nitrogen and oxygen atoms in total. The molecular weight excluding hydrogens is 259 g/mol. The van der Waals surface area contributed by atoms with Gasteiger partial charge in [0.05, 0.1) is 12.8 Å². The SMILES string of the molecule is CC(C)NCc1cc(F)cnc1OCC1CCOCC1. The van der Waals surface area contributed by atoms with Gasteiger partial charge in [-0.15, -0.1) is 0 Å². The monoisotopic (exact) mass is 282 g/mol. The van der Waals surface area contributed by atoms with Crippen molar-refractivity contribution in [3.8, 4) is 5.88 Å². The number of hydrogen-bond donors (Lipinski definition) is 1. The first kappa shape index (κ1) is 15.2. The summed E-state index contributed by atoms with van der Waals surface area (Å²) < 4.78 is 24.4. The second kappa shape index (κ2) is 7.55. The number of halogens is 1. The highest BCUT2D eigenvalue weighted by molar-refractivity contribution is 5.26. The zero-order valence-corrected chi connectivity index (χ0v) is 12.2. The maximum atomic E-state index is 13.3. The summed E-state index contributed by atoms with van der Waals surface area (Å²) in [6.45, 7) is 6.88. The highest BCUT2D eigenvalue weighted by Gasteiger charge is 2.16. The van der Waals surface area contributed by atoms with Gasteiger partial charge in [-0.25, -0.2) is 9.37 Å². The number of nitrogens with zero attached hydrogens (tertiary/aromatic N) is 1. The number of nitrogens with one attached hydrogen (secondary N) is 1. The predicted molar refractivity (Wildman–Crippen MR) is 75.2 cm³/mol. The van der Waals surface area contributed by atoms with Gasteiger partial charge in [0.15, 0.2) is 0 Å². The normalized spacial score (nSPS) is 16.6. The van der Waals surface area contributed by atoms with Crippen LogP contribution in [0.5, 0.6) is 5.88 Å². The van der Waals surface area contributed by atoms with Gasteiger partial charge >= 0.3 is 0 Å². The molecule has 20 heavy (non-hydrogen) atoms. The van der Waals surface area contributed by atoms with Crippen LogP contribution in [0.1, 0.15) is 32.3 Å². The van der Waals surface area contributed by atoms with E-state index in [4.69, 9.17) is 9.47 Å². The van der Waals surface area contributed by atoms with E-state index in [0.717, 1.165) is 31.6 Å². The van der Waals surface area contributed by atoms with E-state index in [2.05, 4.69) is 24.1 Å². The first-order chi connectivity index (χ1) is 9.65. The van der Waals surface area contributed by atoms with Crippen LogP contribution in [0.25, 0.3) is 0 Å². The topological polar surface area (TPSA) is 43.4 Å². The summed E-state index contributed by atoms with van der Waals surface area (Å²) >= 11 is 0. The van der Waals surface area contributed by atoms with Gasteiger partial charge in [0.2, 0.25) is 5.88 Å². The summed E-state index contributed by atoms with van der Waals surface area (Å²) in [6, 6.07) is 1.82. The molecule has 5 heteroatoms. The lowest BCUT2D eigenvalue weighted by molar-refractivity contribution is 0.0488. The minimum absolute atomic E-state index is 0.330. The Kier molecular flexibility index (Phi) is 5.73. The smallest absolute Gasteiger partial charge is 0.218 e. The molecule has 0 aliphatic carbocycles.